The molecule has 1 aromatic rings. The first kappa shape index (κ1) is 15.2. The second kappa shape index (κ2) is 6.35. The number of benzene rings is 1. The van der Waals surface area contributed by atoms with E-state index < -0.39 is 0 Å². The summed E-state index contributed by atoms with van der Waals surface area (Å²) in [7, 11) is 2.16. The highest BCUT2D eigenvalue weighted by Crippen LogP contribution is 2.18. The average Bonchev–Trinajstić information content (AvgIpc) is 2.29. The van der Waals surface area contributed by atoms with E-state index in [1.165, 1.54) is 11.1 Å². The topological polar surface area (TPSA) is 29.3 Å². The van der Waals surface area contributed by atoms with Gasteiger partial charge in [0.2, 0.25) is 0 Å². The summed E-state index contributed by atoms with van der Waals surface area (Å²) in [5.74, 6) is 0.605. The summed E-state index contributed by atoms with van der Waals surface area (Å²) in [6.45, 7) is 11.6. The zero-order chi connectivity index (χ0) is 13.8. The molecule has 2 heteroatoms. The Balaban J connectivity index is 2.57. The van der Waals surface area contributed by atoms with Crippen molar-refractivity contribution in [2.24, 2.45) is 11.1 Å². The van der Waals surface area contributed by atoms with E-state index in [1.54, 1.807) is 0 Å². The Morgan fingerprint density at radius 3 is 2.17 bits per heavy atom. The van der Waals surface area contributed by atoms with Crippen LogP contribution in [0.5, 0.6) is 0 Å². The summed E-state index contributed by atoms with van der Waals surface area (Å²) in [5.41, 5.74) is 8.74. The Bertz CT molecular complexity index is 352. The van der Waals surface area contributed by atoms with Crippen LogP contribution in [0, 0.1) is 5.41 Å². The van der Waals surface area contributed by atoms with Gasteiger partial charge in [-0.1, -0.05) is 52.0 Å². The molecule has 1 rings (SSSR count). The molecule has 0 saturated heterocycles. The number of nitrogens with zero attached hydrogens (tertiary/aromatic N) is 1. The highest BCUT2D eigenvalue weighted by Gasteiger charge is 2.17. The maximum atomic E-state index is 5.77. The van der Waals surface area contributed by atoms with Gasteiger partial charge in [0, 0.05) is 13.1 Å². The summed E-state index contributed by atoms with van der Waals surface area (Å²) < 4.78 is 0. The van der Waals surface area contributed by atoms with Crippen LogP contribution in [0.4, 0.5) is 0 Å². The summed E-state index contributed by atoms with van der Waals surface area (Å²) in [5, 5.41) is 0. The van der Waals surface area contributed by atoms with Crippen molar-refractivity contribution < 1.29 is 0 Å². The SMILES string of the molecule is CC(C)c1ccc(CN(C)CC(C)(C)CN)cc1. The van der Waals surface area contributed by atoms with Gasteiger partial charge in [-0.3, -0.25) is 0 Å². The molecule has 0 spiro atoms. The third kappa shape index (κ3) is 4.79. The van der Waals surface area contributed by atoms with E-state index >= 15 is 0 Å². The van der Waals surface area contributed by atoms with Crippen molar-refractivity contribution in [3.8, 4) is 0 Å². The van der Waals surface area contributed by atoms with E-state index in [0.29, 0.717) is 5.92 Å². The Morgan fingerprint density at radius 1 is 1.17 bits per heavy atom. The monoisotopic (exact) mass is 248 g/mol. The first-order chi connectivity index (χ1) is 8.34. The lowest BCUT2D eigenvalue weighted by Crippen LogP contribution is -2.36. The molecule has 0 aliphatic rings. The molecule has 1 aromatic carbocycles. The smallest absolute Gasteiger partial charge is 0.0230 e. The first-order valence-corrected chi connectivity index (χ1v) is 6.81. The molecular formula is C16H28N2. The predicted octanol–water partition coefficient (Wildman–Crippen LogP) is 3.23. The largest absolute Gasteiger partial charge is 0.330 e. The zero-order valence-electron chi connectivity index (χ0n) is 12.5. The molecule has 102 valence electrons. The maximum Gasteiger partial charge on any atom is 0.0230 e. The van der Waals surface area contributed by atoms with Gasteiger partial charge in [-0.05, 0) is 36.1 Å². The molecule has 0 saturated carbocycles. The molecule has 2 nitrogen and oxygen atoms in total. The molecule has 0 amide bonds. The lowest BCUT2D eigenvalue weighted by Gasteiger charge is -2.29. The highest BCUT2D eigenvalue weighted by atomic mass is 15.1. The predicted molar refractivity (Wildman–Crippen MR) is 79.7 cm³/mol. The van der Waals surface area contributed by atoms with Gasteiger partial charge in [-0.15, -0.1) is 0 Å². The molecular weight excluding hydrogens is 220 g/mol. The van der Waals surface area contributed by atoms with E-state index in [0.717, 1.165) is 19.6 Å². The van der Waals surface area contributed by atoms with Gasteiger partial charge < -0.3 is 10.6 Å². The van der Waals surface area contributed by atoms with Crippen molar-refractivity contribution in [3.63, 3.8) is 0 Å². The second-order valence-corrected chi connectivity index (χ2v) is 6.44. The standard InChI is InChI=1S/C16H28N2/c1-13(2)15-8-6-14(7-9-15)10-18(5)12-16(3,4)11-17/h6-9,13H,10-12,17H2,1-5H3. The van der Waals surface area contributed by atoms with Crippen LogP contribution in [0.15, 0.2) is 24.3 Å². The Morgan fingerprint density at radius 2 is 1.72 bits per heavy atom. The second-order valence-electron chi connectivity index (χ2n) is 6.44. The first-order valence-electron chi connectivity index (χ1n) is 6.81. The molecule has 0 fully saturated rings. The highest BCUT2D eigenvalue weighted by molar-refractivity contribution is 5.24. The van der Waals surface area contributed by atoms with Gasteiger partial charge in [-0.2, -0.15) is 0 Å². The van der Waals surface area contributed by atoms with Crippen LogP contribution in [0.1, 0.15) is 44.7 Å². The maximum absolute atomic E-state index is 5.77. The van der Waals surface area contributed by atoms with E-state index in [4.69, 9.17) is 5.73 Å². The van der Waals surface area contributed by atoms with Gasteiger partial charge >= 0.3 is 0 Å². The van der Waals surface area contributed by atoms with Crippen molar-refractivity contribution in [1.82, 2.24) is 4.90 Å². The quantitative estimate of drug-likeness (QED) is 0.837. The molecule has 18 heavy (non-hydrogen) atoms. The average molecular weight is 248 g/mol. The van der Waals surface area contributed by atoms with Crippen molar-refractivity contribution >= 4 is 0 Å². The minimum absolute atomic E-state index is 0.187. The lowest BCUT2D eigenvalue weighted by molar-refractivity contribution is 0.210. The summed E-state index contributed by atoms with van der Waals surface area (Å²) in [4.78, 5) is 2.34. The van der Waals surface area contributed by atoms with E-state index in [1.807, 2.05) is 0 Å². The molecule has 0 radical (unpaired) electrons. The summed E-state index contributed by atoms with van der Waals surface area (Å²) >= 11 is 0. The Hall–Kier alpha value is -0.860. The molecule has 0 atom stereocenters. The van der Waals surface area contributed by atoms with Crippen LogP contribution in [0.25, 0.3) is 0 Å². The molecule has 0 aromatic heterocycles. The molecule has 0 aliphatic carbocycles. The molecule has 0 heterocycles. The fourth-order valence-electron chi connectivity index (χ4n) is 2.17. The van der Waals surface area contributed by atoms with Gasteiger partial charge in [0.25, 0.3) is 0 Å². The van der Waals surface area contributed by atoms with Crippen molar-refractivity contribution in [1.29, 1.82) is 0 Å². The Labute approximate surface area is 112 Å². The van der Waals surface area contributed by atoms with Crippen molar-refractivity contribution in [2.75, 3.05) is 20.1 Å². The third-order valence-corrected chi connectivity index (χ3v) is 3.35. The zero-order valence-corrected chi connectivity index (χ0v) is 12.5. The number of hydrogen-bond acceptors (Lipinski definition) is 2. The molecule has 0 unspecified atom stereocenters. The molecule has 0 aliphatic heterocycles. The molecule has 2 N–H and O–H groups in total. The van der Waals surface area contributed by atoms with Crippen molar-refractivity contribution in [2.45, 2.75) is 40.2 Å². The number of nitrogens with two attached hydrogens (primary N) is 1. The van der Waals surface area contributed by atoms with Gasteiger partial charge in [-0.25, -0.2) is 0 Å². The van der Waals surface area contributed by atoms with Crippen LogP contribution in [-0.4, -0.2) is 25.0 Å². The van der Waals surface area contributed by atoms with Crippen molar-refractivity contribution in [3.05, 3.63) is 35.4 Å². The van der Waals surface area contributed by atoms with Crippen LogP contribution in [-0.2, 0) is 6.54 Å². The van der Waals surface area contributed by atoms with Crippen LogP contribution in [0.2, 0.25) is 0 Å². The van der Waals surface area contributed by atoms with Gasteiger partial charge in [0.15, 0.2) is 0 Å². The van der Waals surface area contributed by atoms with Crippen LogP contribution < -0.4 is 5.73 Å². The third-order valence-electron chi connectivity index (χ3n) is 3.35. The summed E-state index contributed by atoms with van der Waals surface area (Å²) in [6, 6.07) is 8.95. The van der Waals surface area contributed by atoms with Gasteiger partial charge in [0.1, 0.15) is 0 Å². The minimum atomic E-state index is 0.187. The van der Waals surface area contributed by atoms with Gasteiger partial charge in [0.05, 0.1) is 0 Å². The lowest BCUT2D eigenvalue weighted by atomic mass is 9.93. The van der Waals surface area contributed by atoms with E-state index in [9.17, 15) is 0 Å². The van der Waals surface area contributed by atoms with Crippen LogP contribution >= 0.6 is 0 Å². The normalized spacial score (nSPS) is 12.4. The fourth-order valence-corrected chi connectivity index (χ4v) is 2.17. The minimum Gasteiger partial charge on any atom is -0.330 e. The fraction of sp³-hybridized carbons (Fsp3) is 0.625. The Kier molecular flexibility index (Phi) is 5.36. The summed E-state index contributed by atoms with van der Waals surface area (Å²) in [6.07, 6.45) is 0. The van der Waals surface area contributed by atoms with Crippen LogP contribution in [0.3, 0.4) is 0 Å². The number of rotatable bonds is 6. The molecule has 0 bridgehead atoms. The number of hydrogen-bond donors (Lipinski definition) is 1. The van der Waals surface area contributed by atoms with E-state index in [2.05, 4.69) is 63.9 Å². The van der Waals surface area contributed by atoms with E-state index in [-0.39, 0.29) is 5.41 Å².